The first-order valence-electron chi connectivity index (χ1n) is 8.88. The van der Waals surface area contributed by atoms with Crippen molar-refractivity contribution < 1.29 is 19.1 Å². The number of benzene rings is 2. The minimum atomic E-state index is -0.656. The van der Waals surface area contributed by atoms with Crippen molar-refractivity contribution in [2.75, 3.05) is 17.2 Å². The summed E-state index contributed by atoms with van der Waals surface area (Å²) in [5, 5.41) is 7.87. The predicted octanol–water partition coefficient (Wildman–Crippen LogP) is 3.71. The van der Waals surface area contributed by atoms with E-state index in [1.165, 1.54) is 0 Å². The van der Waals surface area contributed by atoms with Gasteiger partial charge in [0.25, 0.3) is 5.91 Å². The van der Waals surface area contributed by atoms with Crippen molar-refractivity contribution in [3.05, 3.63) is 59.7 Å². The summed E-state index contributed by atoms with van der Waals surface area (Å²) in [6, 6.07) is 14.0. The predicted molar refractivity (Wildman–Crippen MR) is 108 cm³/mol. The summed E-state index contributed by atoms with van der Waals surface area (Å²) in [6.07, 6.45) is -0.656. The Balaban J connectivity index is 1.85. The van der Waals surface area contributed by atoms with Crippen LogP contribution in [-0.2, 0) is 9.53 Å². The molecular weight excluding hydrogens is 358 g/mol. The first-order valence-corrected chi connectivity index (χ1v) is 8.88. The third kappa shape index (κ3) is 6.75. The molecule has 0 aliphatic carbocycles. The van der Waals surface area contributed by atoms with Crippen LogP contribution in [0.25, 0.3) is 0 Å². The number of anilines is 2. The molecule has 148 valence electrons. The average molecular weight is 383 g/mol. The Morgan fingerprint density at radius 2 is 1.46 bits per heavy atom. The second-order valence-corrected chi connectivity index (χ2v) is 7.25. The van der Waals surface area contributed by atoms with E-state index in [4.69, 9.17) is 4.74 Å². The lowest BCUT2D eigenvalue weighted by molar-refractivity contribution is -0.115. The third-order valence-corrected chi connectivity index (χ3v) is 3.61. The topological polar surface area (TPSA) is 96.5 Å². The molecule has 0 atom stereocenters. The van der Waals surface area contributed by atoms with Crippen molar-refractivity contribution in [3.63, 3.8) is 0 Å². The Morgan fingerprint density at radius 1 is 0.893 bits per heavy atom. The van der Waals surface area contributed by atoms with Gasteiger partial charge in [-0.1, -0.05) is 18.2 Å². The molecule has 7 heteroatoms. The molecule has 0 bridgehead atoms. The lowest BCUT2D eigenvalue weighted by Crippen LogP contribution is -2.37. The number of alkyl carbamates (subject to hydrolysis) is 1. The van der Waals surface area contributed by atoms with E-state index < -0.39 is 11.7 Å². The van der Waals surface area contributed by atoms with Gasteiger partial charge in [-0.2, -0.15) is 0 Å². The van der Waals surface area contributed by atoms with Crippen LogP contribution in [-0.4, -0.2) is 30.1 Å². The minimum Gasteiger partial charge on any atom is -0.444 e. The van der Waals surface area contributed by atoms with E-state index in [1.54, 1.807) is 51.1 Å². The lowest BCUT2D eigenvalue weighted by atomic mass is 10.1. The number of amides is 3. The second kappa shape index (κ2) is 9.03. The fourth-order valence-corrected chi connectivity index (χ4v) is 2.33. The van der Waals surface area contributed by atoms with Gasteiger partial charge in [0.05, 0.1) is 0 Å². The zero-order valence-electron chi connectivity index (χ0n) is 16.5. The molecule has 28 heavy (non-hydrogen) atoms. The van der Waals surface area contributed by atoms with Crippen LogP contribution in [0.15, 0.2) is 48.5 Å². The van der Waals surface area contributed by atoms with Gasteiger partial charge in [-0.15, -0.1) is 0 Å². The molecule has 0 saturated carbocycles. The van der Waals surface area contributed by atoms with Gasteiger partial charge < -0.3 is 20.7 Å². The number of nitrogens with one attached hydrogen (secondary N) is 3. The molecule has 0 unspecified atom stereocenters. The Hall–Kier alpha value is -3.35. The third-order valence-electron chi connectivity index (χ3n) is 3.61. The lowest BCUT2D eigenvalue weighted by Gasteiger charge is -2.19. The SMILES string of the molecule is Cc1ccccc1C(=O)Nc1ccc(NC(=O)CNC(=O)OC(C)(C)C)cc1. The van der Waals surface area contributed by atoms with E-state index in [1.807, 2.05) is 25.1 Å². The van der Waals surface area contributed by atoms with E-state index in [2.05, 4.69) is 16.0 Å². The monoisotopic (exact) mass is 383 g/mol. The molecule has 2 aromatic carbocycles. The summed E-state index contributed by atoms with van der Waals surface area (Å²) < 4.78 is 5.07. The van der Waals surface area contributed by atoms with Crippen LogP contribution in [0.1, 0.15) is 36.7 Å². The second-order valence-electron chi connectivity index (χ2n) is 7.25. The first-order chi connectivity index (χ1) is 13.1. The molecule has 0 saturated heterocycles. The molecule has 2 rings (SSSR count). The van der Waals surface area contributed by atoms with Crippen molar-refractivity contribution in [2.45, 2.75) is 33.3 Å². The summed E-state index contributed by atoms with van der Waals surface area (Å²) in [6.45, 7) is 6.89. The van der Waals surface area contributed by atoms with Crippen molar-refractivity contribution in [1.29, 1.82) is 0 Å². The first kappa shape index (κ1) is 21.0. The normalized spacial score (nSPS) is 10.7. The molecule has 0 heterocycles. The van der Waals surface area contributed by atoms with E-state index in [0.29, 0.717) is 16.9 Å². The van der Waals surface area contributed by atoms with Gasteiger partial charge in [-0.05, 0) is 63.6 Å². The summed E-state index contributed by atoms with van der Waals surface area (Å²) in [4.78, 5) is 35.8. The van der Waals surface area contributed by atoms with Crippen molar-refractivity contribution in [1.82, 2.24) is 5.32 Å². The van der Waals surface area contributed by atoms with E-state index in [-0.39, 0.29) is 18.4 Å². The standard InChI is InChI=1S/C21H25N3O4/c1-14-7-5-6-8-17(14)19(26)24-16-11-9-15(10-12-16)23-18(25)13-22-20(27)28-21(2,3)4/h5-12H,13H2,1-4H3,(H,22,27)(H,23,25)(H,24,26). The fourth-order valence-electron chi connectivity index (χ4n) is 2.33. The van der Waals surface area contributed by atoms with Crippen LogP contribution in [0.3, 0.4) is 0 Å². The average Bonchev–Trinajstić information content (AvgIpc) is 2.60. The smallest absolute Gasteiger partial charge is 0.408 e. The Morgan fingerprint density at radius 3 is 2.04 bits per heavy atom. The van der Waals surface area contributed by atoms with Crippen molar-refractivity contribution in [3.8, 4) is 0 Å². The van der Waals surface area contributed by atoms with Gasteiger partial charge in [-0.25, -0.2) is 4.79 Å². The van der Waals surface area contributed by atoms with Gasteiger partial charge in [0.2, 0.25) is 5.91 Å². The highest BCUT2D eigenvalue weighted by molar-refractivity contribution is 6.05. The van der Waals surface area contributed by atoms with Crippen molar-refractivity contribution >= 4 is 29.3 Å². The summed E-state index contributed by atoms with van der Waals surface area (Å²) in [5.74, 6) is -0.584. The zero-order chi connectivity index (χ0) is 20.7. The van der Waals surface area contributed by atoms with Crippen LogP contribution in [0.5, 0.6) is 0 Å². The number of rotatable bonds is 5. The highest BCUT2D eigenvalue weighted by Gasteiger charge is 2.16. The maximum Gasteiger partial charge on any atom is 0.408 e. The fraction of sp³-hybridized carbons (Fsp3) is 0.286. The van der Waals surface area contributed by atoms with Crippen LogP contribution >= 0.6 is 0 Å². The summed E-state index contributed by atoms with van der Waals surface area (Å²) >= 11 is 0. The van der Waals surface area contributed by atoms with Gasteiger partial charge in [0.1, 0.15) is 12.1 Å². The highest BCUT2D eigenvalue weighted by atomic mass is 16.6. The highest BCUT2D eigenvalue weighted by Crippen LogP contribution is 2.16. The number of hydrogen-bond donors (Lipinski definition) is 3. The Kier molecular flexibility index (Phi) is 6.76. The van der Waals surface area contributed by atoms with Crippen LogP contribution < -0.4 is 16.0 Å². The van der Waals surface area contributed by atoms with Gasteiger partial charge in [0.15, 0.2) is 0 Å². The number of ether oxygens (including phenoxy) is 1. The Bertz CT molecular complexity index is 855. The molecular formula is C21H25N3O4. The molecule has 0 aliphatic heterocycles. The van der Waals surface area contributed by atoms with Crippen molar-refractivity contribution in [2.24, 2.45) is 0 Å². The minimum absolute atomic E-state index is 0.198. The molecule has 0 radical (unpaired) electrons. The van der Waals surface area contributed by atoms with Crippen LogP contribution in [0.4, 0.5) is 16.2 Å². The maximum atomic E-state index is 12.3. The summed E-state index contributed by atoms with van der Waals surface area (Å²) in [7, 11) is 0. The molecule has 0 fully saturated rings. The number of aryl methyl sites for hydroxylation is 1. The van der Waals surface area contributed by atoms with E-state index in [9.17, 15) is 14.4 Å². The van der Waals surface area contributed by atoms with Gasteiger partial charge in [0, 0.05) is 16.9 Å². The molecule has 7 nitrogen and oxygen atoms in total. The molecule has 0 aliphatic rings. The maximum absolute atomic E-state index is 12.3. The number of hydrogen-bond acceptors (Lipinski definition) is 4. The molecule has 3 amide bonds. The molecule has 3 N–H and O–H groups in total. The van der Waals surface area contributed by atoms with Gasteiger partial charge in [-0.3, -0.25) is 9.59 Å². The van der Waals surface area contributed by atoms with E-state index >= 15 is 0 Å². The molecule has 0 aromatic heterocycles. The zero-order valence-corrected chi connectivity index (χ0v) is 16.5. The van der Waals surface area contributed by atoms with Crippen LogP contribution in [0, 0.1) is 6.92 Å². The van der Waals surface area contributed by atoms with Gasteiger partial charge >= 0.3 is 6.09 Å². The van der Waals surface area contributed by atoms with E-state index in [0.717, 1.165) is 5.56 Å². The largest absolute Gasteiger partial charge is 0.444 e. The Labute approximate surface area is 164 Å². The quantitative estimate of drug-likeness (QED) is 0.733. The molecule has 0 spiro atoms. The number of carbonyl (C=O) groups excluding carboxylic acids is 3. The number of carbonyl (C=O) groups is 3. The van der Waals surface area contributed by atoms with Crippen LogP contribution in [0.2, 0.25) is 0 Å². The molecule has 2 aromatic rings. The summed E-state index contributed by atoms with van der Waals surface area (Å²) in [5.41, 5.74) is 2.02.